The Morgan fingerprint density at radius 3 is 3.00 bits per heavy atom. The minimum Gasteiger partial charge on any atom is -0.294 e. The third kappa shape index (κ3) is 2.36. The largest absolute Gasteiger partial charge is 0.294 e. The van der Waals surface area contributed by atoms with Crippen molar-refractivity contribution in [1.29, 1.82) is 0 Å². The van der Waals surface area contributed by atoms with Gasteiger partial charge in [-0.1, -0.05) is 12.1 Å². The van der Waals surface area contributed by atoms with Gasteiger partial charge in [0.15, 0.2) is 0 Å². The van der Waals surface area contributed by atoms with Crippen molar-refractivity contribution in [2.75, 3.05) is 0 Å². The van der Waals surface area contributed by atoms with Gasteiger partial charge in [0, 0.05) is 6.20 Å². The molecule has 0 N–H and O–H groups in total. The Balaban J connectivity index is 2.34. The van der Waals surface area contributed by atoms with Gasteiger partial charge < -0.3 is 0 Å². The number of aromatic nitrogens is 2. The Morgan fingerprint density at radius 2 is 2.25 bits per heavy atom. The first-order chi connectivity index (χ1) is 7.66. The highest BCUT2D eigenvalue weighted by Crippen LogP contribution is 2.05. The van der Waals surface area contributed by atoms with Crippen LogP contribution in [0.2, 0.25) is 0 Å². The molecule has 2 aromatic rings. The molecule has 2 rings (SSSR count). The van der Waals surface area contributed by atoms with Crippen molar-refractivity contribution >= 4 is 15.9 Å². The molecule has 0 radical (unpaired) electrons. The van der Waals surface area contributed by atoms with Crippen LogP contribution < -0.4 is 5.56 Å². The number of benzene rings is 1. The third-order valence-electron chi connectivity index (χ3n) is 2.10. The van der Waals surface area contributed by atoms with Crippen molar-refractivity contribution < 1.29 is 4.39 Å². The molecule has 0 aliphatic carbocycles. The summed E-state index contributed by atoms with van der Waals surface area (Å²) in [4.78, 5) is 15.5. The zero-order valence-electron chi connectivity index (χ0n) is 8.23. The zero-order valence-corrected chi connectivity index (χ0v) is 9.82. The second-order valence-corrected chi connectivity index (χ2v) is 4.16. The van der Waals surface area contributed by atoms with Gasteiger partial charge in [-0.3, -0.25) is 9.36 Å². The summed E-state index contributed by atoms with van der Waals surface area (Å²) in [7, 11) is 0. The maximum atomic E-state index is 12.9. The average Bonchev–Trinajstić information content (AvgIpc) is 2.25. The first kappa shape index (κ1) is 11.0. The molecule has 1 heterocycles. The first-order valence-corrected chi connectivity index (χ1v) is 5.40. The summed E-state index contributed by atoms with van der Waals surface area (Å²) in [5.74, 6) is -0.312. The normalized spacial score (nSPS) is 10.4. The van der Waals surface area contributed by atoms with Crippen molar-refractivity contribution in [3.05, 3.63) is 63.0 Å². The van der Waals surface area contributed by atoms with E-state index >= 15 is 0 Å². The summed E-state index contributed by atoms with van der Waals surface area (Å²) < 4.78 is 14.7. The number of nitrogens with zero attached hydrogens (tertiary/aromatic N) is 2. The molecule has 5 heteroatoms. The fraction of sp³-hybridized carbons (Fsp3) is 0.0909. The van der Waals surface area contributed by atoms with Gasteiger partial charge in [0.25, 0.3) is 5.56 Å². The summed E-state index contributed by atoms with van der Waals surface area (Å²) in [6.07, 6.45) is 2.86. The van der Waals surface area contributed by atoms with Crippen LogP contribution in [0.25, 0.3) is 0 Å². The highest BCUT2D eigenvalue weighted by molar-refractivity contribution is 9.10. The van der Waals surface area contributed by atoms with E-state index in [0.29, 0.717) is 11.0 Å². The van der Waals surface area contributed by atoms with Crippen LogP contribution in [0, 0.1) is 5.82 Å². The van der Waals surface area contributed by atoms with E-state index in [1.807, 2.05) is 0 Å². The monoisotopic (exact) mass is 282 g/mol. The van der Waals surface area contributed by atoms with Gasteiger partial charge in [-0.2, -0.15) is 0 Å². The fourth-order valence-corrected chi connectivity index (χ4v) is 1.71. The molecule has 0 spiro atoms. The SMILES string of the molecule is O=c1c(Br)cncn1Cc1cccc(F)c1. The van der Waals surface area contributed by atoms with Crippen LogP contribution in [0.3, 0.4) is 0 Å². The van der Waals surface area contributed by atoms with E-state index in [4.69, 9.17) is 0 Å². The standard InChI is InChI=1S/C11H8BrFN2O/c12-10-5-14-7-15(11(10)16)6-8-2-1-3-9(13)4-8/h1-5,7H,6H2. The molecule has 0 amide bonds. The van der Waals surface area contributed by atoms with E-state index in [0.717, 1.165) is 5.56 Å². The molecule has 0 aliphatic heterocycles. The lowest BCUT2D eigenvalue weighted by Gasteiger charge is -2.05. The number of halogens is 2. The lowest BCUT2D eigenvalue weighted by molar-refractivity contribution is 0.622. The average molecular weight is 283 g/mol. The molecule has 3 nitrogen and oxygen atoms in total. The Morgan fingerprint density at radius 1 is 1.44 bits per heavy atom. The minimum absolute atomic E-state index is 0.181. The van der Waals surface area contributed by atoms with Gasteiger partial charge in [0.1, 0.15) is 10.3 Å². The Labute approximate surface area is 99.7 Å². The number of hydrogen-bond acceptors (Lipinski definition) is 2. The van der Waals surface area contributed by atoms with Crippen LogP contribution in [0.1, 0.15) is 5.56 Å². The Hall–Kier alpha value is -1.49. The molecule has 0 aliphatic rings. The summed E-state index contributed by atoms with van der Waals surface area (Å²) in [5.41, 5.74) is 0.543. The lowest BCUT2D eigenvalue weighted by atomic mass is 10.2. The summed E-state index contributed by atoms with van der Waals surface area (Å²) in [6, 6.07) is 6.14. The molecule has 1 aromatic carbocycles. The van der Waals surface area contributed by atoms with Gasteiger partial charge in [-0.15, -0.1) is 0 Å². The number of rotatable bonds is 2. The predicted octanol–water partition coefficient (Wildman–Crippen LogP) is 2.19. The van der Waals surface area contributed by atoms with Crippen molar-refractivity contribution in [2.45, 2.75) is 6.54 Å². The molecular weight excluding hydrogens is 275 g/mol. The van der Waals surface area contributed by atoms with Crippen molar-refractivity contribution in [1.82, 2.24) is 9.55 Å². The summed E-state index contributed by atoms with van der Waals surface area (Å²) in [6.45, 7) is 0.309. The van der Waals surface area contributed by atoms with Crippen LogP contribution in [-0.2, 0) is 6.54 Å². The van der Waals surface area contributed by atoms with Crippen molar-refractivity contribution in [3.63, 3.8) is 0 Å². The molecular formula is C11H8BrFN2O. The highest BCUT2D eigenvalue weighted by atomic mass is 79.9. The lowest BCUT2D eigenvalue weighted by Crippen LogP contribution is -2.21. The molecule has 0 saturated heterocycles. The maximum absolute atomic E-state index is 12.9. The van der Waals surface area contributed by atoms with Crippen LogP contribution in [0.4, 0.5) is 4.39 Å². The summed E-state index contributed by atoms with van der Waals surface area (Å²) in [5, 5.41) is 0. The Bertz CT molecular complexity index is 568. The summed E-state index contributed by atoms with van der Waals surface area (Å²) >= 11 is 3.10. The molecule has 16 heavy (non-hydrogen) atoms. The Kier molecular flexibility index (Phi) is 3.14. The van der Waals surface area contributed by atoms with Gasteiger partial charge in [-0.05, 0) is 33.6 Å². The second kappa shape index (κ2) is 4.57. The molecule has 0 unspecified atom stereocenters. The van der Waals surface area contributed by atoms with E-state index < -0.39 is 0 Å². The van der Waals surface area contributed by atoms with Gasteiger partial charge in [0.05, 0.1) is 12.9 Å². The highest BCUT2D eigenvalue weighted by Gasteiger charge is 2.02. The van der Waals surface area contributed by atoms with E-state index in [9.17, 15) is 9.18 Å². The maximum Gasteiger partial charge on any atom is 0.267 e. The molecule has 0 atom stereocenters. The molecule has 0 fully saturated rings. The number of hydrogen-bond donors (Lipinski definition) is 0. The van der Waals surface area contributed by atoms with Crippen LogP contribution in [-0.4, -0.2) is 9.55 Å². The quantitative estimate of drug-likeness (QED) is 0.846. The van der Waals surface area contributed by atoms with Gasteiger partial charge in [-0.25, -0.2) is 9.37 Å². The van der Waals surface area contributed by atoms with Gasteiger partial charge in [0.2, 0.25) is 0 Å². The predicted molar refractivity (Wildman–Crippen MR) is 61.7 cm³/mol. The van der Waals surface area contributed by atoms with Gasteiger partial charge >= 0.3 is 0 Å². The van der Waals surface area contributed by atoms with Crippen LogP contribution in [0.15, 0.2) is 46.1 Å². The smallest absolute Gasteiger partial charge is 0.267 e. The van der Waals surface area contributed by atoms with Crippen LogP contribution >= 0.6 is 15.9 Å². The van der Waals surface area contributed by atoms with E-state index in [2.05, 4.69) is 20.9 Å². The first-order valence-electron chi connectivity index (χ1n) is 4.61. The zero-order chi connectivity index (χ0) is 11.5. The third-order valence-corrected chi connectivity index (χ3v) is 2.64. The molecule has 0 bridgehead atoms. The van der Waals surface area contributed by atoms with Crippen LogP contribution in [0.5, 0.6) is 0 Å². The molecule has 1 aromatic heterocycles. The molecule has 82 valence electrons. The minimum atomic E-state index is -0.312. The molecule has 0 saturated carbocycles. The van der Waals surface area contributed by atoms with E-state index in [1.165, 1.54) is 29.2 Å². The topological polar surface area (TPSA) is 34.9 Å². The van der Waals surface area contributed by atoms with E-state index in [1.54, 1.807) is 12.1 Å². The van der Waals surface area contributed by atoms with Crippen molar-refractivity contribution in [2.24, 2.45) is 0 Å². The van der Waals surface area contributed by atoms with E-state index in [-0.39, 0.29) is 11.4 Å². The van der Waals surface area contributed by atoms with Crippen molar-refractivity contribution in [3.8, 4) is 0 Å². The second-order valence-electron chi connectivity index (χ2n) is 3.30. The fourth-order valence-electron chi connectivity index (χ4n) is 1.37.